The van der Waals surface area contributed by atoms with Crippen LogP contribution in [0, 0.1) is 5.92 Å². The van der Waals surface area contributed by atoms with E-state index in [-0.39, 0.29) is 23.8 Å². The number of hydrogen-bond acceptors (Lipinski definition) is 4. The highest BCUT2D eigenvalue weighted by atomic mass is 16.5. The highest BCUT2D eigenvalue weighted by molar-refractivity contribution is 5.97. The molecular weight excluding hydrogens is 342 g/mol. The number of nitrogens with one attached hydrogen (secondary N) is 2. The van der Waals surface area contributed by atoms with Crippen LogP contribution >= 0.6 is 0 Å². The Hall–Kier alpha value is -2.86. The smallest absolute Gasteiger partial charge is 0.251 e. The fraction of sp³-hybridized carbons (Fsp3) is 0.333. The molecule has 0 bridgehead atoms. The highest BCUT2D eigenvalue weighted by Crippen LogP contribution is 2.13. The standard InChI is InChI=1S/C21H27N3O3/c1-14(2)19(24-20(25)16-9-11-17(27-3)12-10-16)21(26)23-13-18(22)15-7-5-4-6-8-15/h4-12,14,18-19H,13,22H2,1-3H3,(H,23,26)(H,24,25). The molecule has 144 valence electrons. The third-order valence-electron chi connectivity index (χ3n) is 4.31. The van der Waals surface area contributed by atoms with Crippen molar-refractivity contribution in [1.82, 2.24) is 10.6 Å². The zero-order valence-electron chi connectivity index (χ0n) is 15.9. The average Bonchev–Trinajstić information content (AvgIpc) is 2.70. The van der Waals surface area contributed by atoms with Crippen molar-refractivity contribution >= 4 is 11.8 Å². The molecule has 6 nitrogen and oxygen atoms in total. The predicted molar refractivity (Wildman–Crippen MR) is 105 cm³/mol. The second kappa shape index (κ2) is 9.73. The average molecular weight is 369 g/mol. The van der Waals surface area contributed by atoms with Gasteiger partial charge in [0, 0.05) is 18.2 Å². The van der Waals surface area contributed by atoms with E-state index in [1.165, 1.54) is 0 Å². The number of benzene rings is 2. The summed E-state index contributed by atoms with van der Waals surface area (Å²) in [6, 6.07) is 15.3. The van der Waals surface area contributed by atoms with Crippen molar-refractivity contribution in [2.24, 2.45) is 11.7 Å². The Labute approximate surface area is 160 Å². The maximum atomic E-state index is 12.6. The zero-order chi connectivity index (χ0) is 19.8. The van der Waals surface area contributed by atoms with Crippen LogP contribution in [0.25, 0.3) is 0 Å². The van der Waals surface area contributed by atoms with Crippen molar-refractivity contribution in [3.63, 3.8) is 0 Å². The summed E-state index contributed by atoms with van der Waals surface area (Å²) < 4.78 is 5.09. The van der Waals surface area contributed by atoms with Crippen molar-refractivity contribution < 1.29 is 14.3 Å². The van der Waals surface area contributed by atoms with Crippen LogP contribution in [0.15, 0.2) is 54.6 Å². The molecule has 0 spiro atoms. The van der Waals surface area contributed by atoms with E-state index in [4.69, 9.17) is 10.5 Å². The van der Waals surface area contributed by atoms with Crippen molar-refractivity contribution in [2.75, 3.05) is 13.7 Å². The lowest BCUT2D eigenvalue weighted by Gasteiger charge is -2.23. The topological polar surface area (TPSA) is 93.4 Å². The number of nitrogens with two attached hydrogens (primary N) is 1. The summed E-state index contributed by atoms with van der Waals surface area (Å²) in [5.74, 6) is 0.0388. The second-order valence-electron chi connectivity index (χ2n) is 6.69. The van der Waals surface area contributed by atoms with Gasteiger partial charge in [0.05, 0.1) is 7.11 Å². The summed E-state index contributed by atoms with van der Waals surface area (Å²) in [5.41, 5.74) is 7.54. The minimum absolute atomic E-state index is 0.0693. The molecule has 27 heavy (non-hydrogen) atoms. The monoisotopic (exact) mass is 369 g/mol. The number of rotatable bonds is 8. The third-order valence-corrected chi connectivity index (χ3v) is 4.31. The molecule has 0 aliphatic carbocycles. The van der Waals surface area contributed by atoms with E-state index in [1.807, 2.05) is 44.2 Å². The van der Waals surface area contributed by atoms with Gasteiger partial charge in [-0.1, -0.05) is 44.2 Å². The van der Waals surface area contributed by atoms with Gasteiger partial charge in [0.2, 0.25) is 5.91 Å². The number of methoxy groups -OCH3 is 1. The summed E-state index contributed by atoms with van der Waals surface area (Å²) >= 11 is 0. The fourth-order valence-corrected chi connectivity index (χ4v) is 2.64. The van der Waals surface area contributed by atoms with Gasteiger partial charge in [0.15, 0.2) is 0 Å². The molecule has 0 radical (unpaired) electrons. The van der Waals surface area contributed by atoms with E-state index in [0.717, 1.165) is 5.56 Å². The Kier molecular flexibility index (Phi) is 7.37. The van der Waals surface area contributed by atoms with Gasteiger partial charge in [-0.05, 0) is 35.7 Å². The molecule has 0 saturated heterocycles. The molecule has 2 unspecified atom stereocenters. The van der Waals surface area contributed by atoms with E-state index in [2.05, 4.69) is 10.6 Å². The molecule has 2 aromatic rings. The quantitative estimate of drug-likeness (QED) is 0.665. The molecule has 2 amide bonds. The molecule has 6 heteroatoms. The molecule has 2 aromatic carbocycles. The minimum Gasteiger partial charge on any atom is -0.497 e. The first-order valence-corrected chi connectivity index (χ1v) is 8.95. The Morgan fingerprint density at radius 2 is 1.67 bits per heavy atom. The number of carbonyl (C=O) groups is 2. The van der Waals surface area contributed by atoms with Crippen LogP contribution in [0.3, 0.4) is 0 Å². The zero-order valence-corrected chi connectivity index (χ0v) is 15.9. The lowest BCUT2D eigenvalue weighted by atomic mass is 10.0. The van der Waals surface area contributed by atoms with Crippen molar-refractivity contribution in [3.8, 4) is 5.75 Å². The summed E-state index contributed by atoms with van der Waals surface area (Å²) in [5, 5.41) is 5.64. The summed E-state index contributed by atoms with van der Waals surface area (Å²) in [6.07, 6.45) is 0. The minimum atomic E-state index is -0.650. The first kappa shape index (κ1) is 20.5. The number of carbonyl (C=O) groups excluding carboxylic acids is 2. The molecular formula is C21H27N3O3. The fourth-order valence-electron chi connectivity index (χ4n) is 2.64. The van der Waals surface area contributed by atoms with Gasteiger partial charge in [-0.15, -0.1) is 0 Å². The molecule has 0 aromatic heterocycles. The highest BCUT2D eigenvalue weighted by Gasteiger charge is 2.25. The molecule has 4 N–H and O–H groups in total. The van der Waals surface area contributed by atoms with Gasteiger partial charge in [0.25, 0.3) is 5.91 Å². The van der Waals surface area contributed by atoms with E-state index < -0.39 is 6.04 Å². The summed E-state index contributed by atoms with van der Waals surface area (Å²) in [4.78, 5) is 25.1. The number of hydrogen-bond donors (Lipinski definition) is 3. The number of ether oxygens (including phenoxy) is 1. The van der Waals surface area contributed by atoms with E-state index in [0.29, 0.717) is 17.9 Å². The van der Waals surface area contributed by atoms with Crippen LogP contribution in [0.1, 0.15) is 35.8 Å². The Balaban J connectivity index is 1.96. The molecule has 0 aliphatic heterocycles. The van der Waals surface area contributed by atoms with Gasteiger partial charge in [-0.25, -0.2) is 0 Å². The Morgan fingerprint density at radius 1 is 1.04 bits per heavy atom. The van der Waals surface area contributed by atoms with Crippen LogP contribution < -0.4 is 21.1 Å². The Morgan fingerprint density at radius 3 is 2.22 bits per heavy atom. The van der Waals surface area contributed by atoms with Gasteiger partial charge in [-0.2, -0.15) is 0 Å². The van der Waals surface area contributed by atoms with Crippen LogP contribution in [-0.2, 0) is 4.79 Å². The molecule has 2 rings (SSSR count). The molecule has 0 fully saturated rings. The van der Waals surface area contributed by atoms with Crippen LogP contribution in [0.5, 0.6) is 5.75 Å². The van der Waals surface area contributed by atoms with Crippen molar-refractivity contribution in [3.05, 3.63) is 65.7 Å². The molecule has 0 heterocycles. The van der Waals surface area contributed by atoms with Crippen LogP contribution in [-0.4, -0.2) is 31.5 Å². The first-order valence-electron chi connectivity index (χ1n) is 8.95. The first-order chi connectivity index (χ1) is 12.9. The summed E-state index contributed by atoms with van der Waals surface area (Å²) in [6.45, 7) is 4.07. The van der Waals surface area contributed by atoms with Crippen LogP contribution in [0.4, 0.5) is 0 Å². The summed E-state index contributed by atoms with van der Waals surface area (Å²) in [7, 11) is 1.56. The normalized spacial score (nSPS) is 12.9. The van der Waals surface area contributed by atoms with Gasteiger partial charge in [0.1, 0.15) is 11.8 Å². The molecule has 2 atom stereocenters. The second-order valence-corrected chi connectivity index (χ2v) is 6.69. The van der Waals surface area contributed by atoms with Gasteiger partial charge >= 0.3 is 0 Å². The van der Waals surface area contributed by atoms with Crippen molar-refractivity contribution in [1.29, 1.82) is 0 Å². The Bertz CT molecular complexity index is 745. The van der Waals surface area contributed by atoms with Gasteiger partial charge < -0.3 is 21.1 Å². The van der Waals surface area contributed by atoms with E-state index in [1.54, 1.807) is 31.4 Å². The lowest BCUT2D eigenvalue weighted by Crippen LogP contribution is -2.50. The van der Waals surface area contributed by atoms with Crippen LogP contribution in [0.2, 0.25) is 0 Å². The maximum Gasteiger partial charge on any atom is 0.251 e. The maximum absolute atomic E-state index is 12.6. The van der Waals surface area contributed by atoms with Crippen molar-refractivity contribution in [2.45, 2.75) is 25.9 Å². The SMILES string of the molecule is COc1ccc(C(=O)NC(C(=O)NCC(N)c2ccccc2)C(C)C)cc1. The largest absolute Gasteiger partial charge is 0.497 e. The van der Waals surface area contributed by atoms with Gasteiger partial charge in [-0.3, -0.25) is 9.59 Å². The molecule has 0 aliphatic rings. The lowest BCUT2D eigenvalue weighted by molar-refractivity contribution is -0.124. The molecule has 0 saturated carbocycles. The third kappa shape index (κ3) is 5.82. The predicted octanol–water partition coefficient (Wildman–Crippen LogP) is 2.27. The number of amides is 2. The van der Waals surface area contributed by atoms with E-state index >= 15 is 0 Å². The van der Waals surface area contributed by atoms with E-state index in [9.17, 15) is 9.59 Å².